The van der Waals surface area contributed by atoms with Crippen molar-refractivity contribution in [1.29, 1.82) is 0 Å². The molecule has 126 valence electrons. The second-order valence-corrected chi connectivity index (χ2v) is 6.66. The van der Waals surface area contributed by atoms with Crippen molar-refractivity contribution in [2.75, 3.05) is 13.1 Å². The molecule has 2 aromatic rings. The largest absolute Gasteiger partial charge is 0.481 e. The van der Waals surface area contributed by atoms with Crippen LogP contribution in [-0.2, 0) is 17.8 Å². The normalized spacial score (nSPS) is 20.3. The van der Waals surface area contributed by atoms with E-state index in [4.69, 9.17) is 0 Å². The standard InChI is InChI=1S/C19H22N2O3/c1-19(18(23)24)10-13-21(14-19)17(22)16-8-5-11-20(16)12-9-15-6-3-2-4-7-15/h2-8,11H,9-10,12-14H2,1H3,(H,23,24)/t19-/m0/s1. The molecular formula is C19H22N2O3. The maximum atomic E-state index is 12.8. The Morgan fingerprint density at radius 3 is 2.58 bits per heavy atom. The minimum Gasteiger partial charge on any atom is -0.481 e. The fourth-order valence-electron chi connectivity index (χ4n) is 3.17. The molecule has 1 fully saturated rings. The number of likely N-dealkylation sites (tertiary alicyclic amines) is 1. The number of rotatable bonds is 5. The minimum atomic E-state index is -0.836. The zero-order valence-corrected chi connectivity index (χ0v) is 13.8. The summed E-state index contributed by atoms with van der Waals surface area (Å²) in [4.78, 5) is 25.8. The van der Waals surface area contributed by atoms with Gasteiger partial charge in [-0.1, -0.05) is 30.3 Å². The van der Waals surface area contributed by atoms with E-state index in [2.05, 4.69) is 12.1 Å². The highest BCUT2D eigenvalue weighted by molar-refractivity contribution is 5.93. The van der Waals surface area contributed by atoms with Crippen LogP contribution in [0.15, 0.2) is 48.7 Å². The molecule has 1 N–H and O–H groups in total. The van der Waals surface area contributed by atoms with Crippen molar-refractivity contribution in [1.82, 2.24) is 9.47 Å². The summed E-state index contributed by atoms with van der Waals surface area (Å²) in [5.74, 6) is -0.921. The molecule has 1 atom stereocenters. The van der Waals surface area contributed by atoms with E-state index in [-0.39, 0.29) is 12.5 Å². The van der Waals surface area contributed by atoms with E-state index >= 15 is 0 Å². The predicted octanol–water partition coefficient (Wildman–Crippen LogP) is 2.67. The van der Waals surface area contributed by atoms with E-state index in [9.17, 15) is 14.7 Å². The van der Waals surface area contributed by atoms with E-state index < -0.39 is 11.4 Å². The van der Waals surface area contributed by atoms with E-state index in [1.165, 1.54) is 5.56 Å². The van der Waals surface area contributed by atoms with Crippen molar-refractivity contribution in [2.45, 2.75) is 26.3 Å². The summed E-state index contributed by atoms with van der Waals surface area (Å²) in [6.45, 7) is 3.19. The van der Waals surface area contributed by atoms with Crippen molar-refractivity contribution in [3.8, 4) is 0 Å². The zero-order valence-electron chi connectivity index (χ0n) is 13.8. The Morgan fingerprint density at radius 1 is 1.17 bits per heavy atom. The van der Waals surface area contributed by atoms with Gasteiger partial charge in [0.05, 0.1) is 5.41 Å². The highest BCUT2D eigenvalue weighted by Gasteiger charge is 2.42. The first-order chi connectivity index (χ1) is 11.5. The lowest BCUT2D eigenvalue weighted by atomic mass is 9.90. The molecule has 5 heteroatoms. The molecule has 0 bridgehead atoms. The molecule has 1 aromatic heterocycles. The van der Waals surface area contributed by atoms with Crippen molar-refractivity contribution >= 4 is 11.9 Å². The van der Waals surface area contributed by atoms with E-state index in [0.29, 0.717) is 18.7 Å². The molecule has 24 heavy (non-hydrogen) atoms. The molecule has 0 spiro atoms. The van der Waals surface area contributed by atoms with Gasteiger partial charge in [0, 0.05) is 25.8 Å². The first kappa shape index (κ1) is 16.3. The third-order valence-electron chi connectivity index (χ3n) is 4.81. The number of carboxylic acid groups (broad SMARTS) is 1. The predicted molar refractivity (Wildman–Crippen MR) is 90.8 cm³/mol. The van der Waals surface area contributed by atoms with Gasteiger partial charge in [-0.05, 0) is 37.5 Å². The first-order valence-corrected chi connectivity index (χ1v) is 8.21. The Bertz CT molecular complexity index is 738. The monoisotopic (exact) mass is 326 g/mol. The summed E-state index contributed by atoms with van der Waals surface area (Å²) in [6.07, 6.45) is 3.25. The topological polar surface area (TPSA) is 62.5 Å². The van der Waals surface area contributed by atoms with E-state index in [1.54, 1.807) is 11.8 Å². The van der Waals surface area contributed by atoms with Crippen LogP contribution in [0.4, 0.5) is 0 Å². The van der Waals surface area contributed by atoms with Gasteiger partial charge in [0.1, 0.15) is 5.69 Å². The summed E-state index contributed by atoms with van der Waals surface area (Å²) in [7, 11) is 0. The first-order valence-electron chi connectivity index (χ1n) is 8.21. The number of aryl methyl sites for hydroxylation is 2. The maximum absolute atomic E-state index is 12.8. The number of aromatic nitrogens is 1. The smallest absolute Gasteiger partial charge is 0.311 e. The van der Waals surface area contributed by atoms with E-state index in [0.717, 1.165) is 13.0 Å². The number of benzene rings is 1. The number of hydrogen-bond acceptors (Lipinski definition) is 2. The Labute approximate surface area is 141 Å². The van der Waals surface area contributed by atoms with Gasteiger partial charge in [-0.3, -0.25) is 9.59 Å². The zero-order chi connectivity index (χ0) is 17.2. The molecule has 0 aliphatic carbocycles. The van der Waals surface area contributed by atoms with Crippen molar-refractivity contribution in [3.05, 3.63) is 59.9 Å². The molecule has 0 radical (unpaired) electrons. The Hall–Kier alpha value is -2.56. The van der Waals surface area contributed by atoms with Crippen LogP contribution in [0, 0.1) is 5.41 Å². The lowest BCUT2D eigenvalue weighted by Crippen LogP contribution is -2.35. The van der Waals surface area contributed by atoms with Crippen LogP contribution in [0.3, 0.4) is 0 Å². The summed E-state index contributed by atoms with van der Waals surface area (Å²) in [5.41, 5.74) is 1.02. The molecule has 1 aliphatic rings. The van der Waals surface area contributed by atoms with Crippen molar-refractivity contribution in [3.63, 3.8) is 0 Å². The molecule has 0 unspecified atom stereocenters. The number of nitrogens with zero attached hydrogens (tertiary/aromatic N) is 2. The number of carbonyl (C=O) groups excluding carboxylic acids is 1. The molecule has 1 saturated heterocycles. The molecule has 1 aliphatic heterocycles. The van der Waals surface area contributed by atoms with Crippen LogP contribution in [0.5, 0.6) is 0 Å². The average Bonchev–Trinajstić information content (AvgIpc) is 3.21. The quantitative estimate of drug-likeness (QED) is 0.919. The van der Waals surface area contributed by atoms with Crippen molar-refractivity contribution < 1.29 is 14.7 Å². The summed E-state index contributed by atoms with van der Waals surface area (Å²) < 4.78 is 1.95. The molecule has 0 saturated carbocycles. The molecule has 3 rings (SSSR count). The van der Waals surface area contributed by atoms with Gasteiger partial charge >= 0.3 is 5.97 Å². The Balaban J connectivity index is 1.69. The lowest BCUT2D eigenvalue weighted by Gasteiger charge is -2.21. The molecule has 1 amide bonds. The number of amides is 1. The van der Waals surface area contributed by atoms with Crippen molar-refractivity contribution in [2.24, 2.45) is 5.41 Å². The Morgan fingerprint density at radius 2 is 1.92 bits per heavy atom. The Kier molecular flexibility index (Phi) is 4.42. The fraction of sp³-hybridized carbons (Fsp3) is 0.368. The molecular weight excluding hydrogens is 304 g/mol. The van der Waals surface area contributed by atoms with Gasteiger partial charge in [-0.2, -0.15) is 0 Å². The van der Waals surface area contributed by atoms with Gasteiger partial charge in [0.15, 0.2) is 0 Å². The third kappa shape index (κ3) is 3.20. The lowest BCUT2D eigenvalue weighted by molar-refractivity contribution is -0.147. The van der Waals surface area contributed by atoms with Crippen LogP contribution < -0.4 is 0 Å². The highest BCUT2D eigenvalue weighted by Crippen LogP contribution is 2.31. The van der Waals surface area contributed by atoms with Crippen LogP contribution in [0.25, 0.3) is 0 Å². The third-order valence-corrected chi connectivity index (χ3v) is 4.81. The van der Waals surface area contributed by atoms with Gasteiger partial charge in [0.25, 0.3) is 5.91 Å². The van der Waals surface area contributed by atoms with Crippen LogP contribution >= 0.6 is 0 Å². The van der Waals surface area contributed by atoms with Crippen LogP contribution in [0.2, 0.25) is 0 Å². The highest BCUT2D eigenvalue weighted by atomic mass is 16.4. The number of hydrogen-bond donors (Lipinski definition) is 1. The number of aliphatic carboxylic acids is 1. The summed E-state index contributed by atoms with van der Waals surface area (Å²) in [6, 6.07) is 13.8. The SMILES string of the molecule is C[C@]1(C(=O)O)CCN(C(=O)c2cccn2CCc2ccccc2)C1. The van der Waals surface area contributed by atoms with E-state index in [1.807, 2.05) is 41.1 Å². The van der Waals surface area contributed by atoms with Gasteiger partial charge in [-0.15, -0.1) is 0 Å². The fourth-order valence-corrected chi connectivity index (χ4v) is 3.17. The number of carbonyl (C=O) groups is 2. The van der Waals surface area contributed by atoms with Gasteiger partial charge < -0.3 is 14.6 Å². The number of carboxylic acids is 1. The summed E-state index contributed by atoms with van der Waals surface area (Å²) >= 11 is 0. The second kappa shape index (κ2) is 6.51. The van der Waals surface area contributed by atoms with Gasteiger partial charge in [0.2, 0.25) is 0 Å². The minimum absolute atomic E-state index is 0.0852. The van der Waals surface area contributed by atoms with Crippen LogP contribution in [0.1, 0.15) is 29.4 Å². The molecule has 2 heterocycles. The maximum Gasteiger partial charge on any atom is 0.311 e. The average molecular weight is 326 g/mol. The molecule has 5 nitrogen and oxygen atoms in total. The molecule has 1 aromatic carbocycles. The van der Waals surface area contributed by atoms with Crippen LogP contribution in [-0.4, -0.2) is 39.5 Å². The second-order valence-electron chi connectivity index (χ2n) is 6.66. The van der Waals surface area contributed by atoms with Gasteiger partial charge in [-0.25, -0.2) is 0 Å². The summed E-state index contributed by atoms with van der Waals surface area (Å²) in [5, 5.41) is 9.32.